The molecule has 130 valence electrons. The minimum absolute atomic E-state index is 0. The van der Waals surface area contributed by atoms with Crippen LogP contribution in [-0.2, 0) is 12.5 Å². The van der Waals surface area contributed by atoms with Crippen molar-refractivity contribution >= 4 is 18.3 Å². The van der Waals surface area contributed by atoms with E-state index in [1.807, 2.05) is 18.0 Å². The van der Waals surface area contributed by atoms with Crippen LogP contribution < -0.4 is 5.32 Å². The van der Waals surface area contributed by atoms with Gasteiger partial charge in [0.05, 0.1) is 5.69 Å². The number of aromatic nitrogens is 2. The van der Waals surface area contributed by atoms with Gasteiger partial charge in [-0.05, 0) is 43.8 Å². The largest absolute Gasteiger partial charge is 0.337 e. The topological polar surface area (TPSA) is 50.2 Å². The molecule has 2 aliphatic heterocycles. The van der Waals surface area contributed by atoms with E-state index in [4.69, 9.17) is 0 Å². The minimum Gasteiger partial charge on any atom is -0.337 e. The van der Waals surface area contributed by atoms with Crippen LogP contribution in [0.15, 0.2) is 6.07 Å². The number of fused-ring (bicyclic) bond motifs is 1. The van der Waals surface area contributed by atoms with Gasteiger partial charge in [0.1, 0.15) is 5.69 Å². The van der Waals surface area contributed by atoms with Crippen molar-refractivity contribution < 1.29 is 4.79 Å². The highest BCUT2D eigenvalue weighted by atomic mass is 35.5. The van der Waals surface area contributed by atoms with Crippen molar-refractivity contribution in [3.63, 3.8) is 0 Å². The average molecular weight is 341 g/mol. The van der Waals surface area contributed by atoms with Crippen LogP contribution >= 0.6 is 12.4 Å². The zero-order valence-electron chi connectivity index (χ0n) is 14.6. The minimum atomic E-state index is -0.0300. The van der Waals surface area contributed by atoms with E-state index in [-0.39, 0.29) is 23.7 Å². The molecule has 1 aromatic rings. The van der Waals surface area contributed by atoms with Gasteiger partial charge in [-0.3, -0.25) is 9.48 Å². The molecule has 23 heavy (non-hydrogen) atoms. The van der Waals surface area contributed by atoms with Gasteiger partial charge in [0.25, 0.3) is 5.91 Å². The van der Waals surface area contributed by atoms with Crippen molar-refractivity contribution in [2.45, 2.75) is 39.0 Å². The Labute approximate surface area is 145 Å². The zero-order chi connectivity index (χ0) is 15.9. The van der Waals surface area contributed by atoms with Crippen molar-refractivity contribution in [2.75, 3.05) is 26.2 Å². The average Bonchev–Trinajstić information content (AvgIpc) is 3.00. The maximum absolute atomic E-state index is 12.9. The van der Waals surface area contributed by atoms with Gasteiger partial charge in [-0.1, -0.05) is 20.8 Å². The number of likely N-dealkylation sites (tertiary alicyclic amines) is 1. The van der Waals surface area contributed by atoms with Gasteiger partial charge >= 0.3 is 0 Å². The molecular formula is C17H29ClN4O. The predicted octanol–water partition coefficient (Wildman–Crippen LogP) is 2.21. The highest BCUT2D eigenvalue weighted by molar-refractivity contribution is 5.92. The molecule has 0 saturated carbocycles. The van der Waals surface area contributed by atoms with Crippen LogP contribution in [0.2, 0.25) is 0 Å². The van der Waals surface area contributed by atoms with E-state index in [2.05, 4.69) is 31.2 Å². The van der Waals surface area contributed by atoms with Crippen molar-refractivity contribution in [3.05, 3.63) is 17.5 Å². The lowest BCUT2D eigenvalue weighted by Gasteiger charge is -2.20. The Hall–Kier alpha value is -1.07. The van der Waals surface area contributed by atoms with Gasteiger partial charge in [-0.25, -0.2) is 0 Å². The zero-order valence-corrected chi connectivity index (χ0v) is 15.4. The third-order valence-corrected chi connectivity index (χ3v) is 5.17. The van der Waals surface area contributed by atoms with E-state index in [0.29, 0.717) is 0 Å². The molecular weight excluding hydrogens is 312 g/mol. The third kappa shape index (κ3) is 3.72. The molecule has 0 aliphatic carbocycles. The van der Waals surface area contributed by atoms with Gasteiger partial charge in [0.2, 0.25) is 0 Å². The predicted molar refractivity (Wildman–Crippen MR) is 94.1 cm³/mol. The molecule has 0 radical (unpaired) electrons. The highest BCUT2D eigenvalue weighted by Crippen LogP contribution is 2.28. The van der Waals surface area contributed by atoms with E-state index in [1.165, 1.54) is 0 Å². The smallest absolute Gasteiger partial charge is 0.272 e. The third-order valence-electron chi connectivity index (χ3n) is 5.17. The molecule has 1 aromatic heterocycles. The molecule has 2 aliphatic rings. The molecule has 1 N–H and O–H groups in total. The summed E-state index contributed by atoms with van der Waals surface area (Å²) in [5.74, 6) is 1.63. The molecule has 2 atom stereocenters. The number of halogens is 1. The molecule has 5 nitrogen and oxygen atoms in total. The number of rotatable bonds is 1. The number of amides is 1. The Kier molecular flexibility index (Phi) is 5.41. The molecule has 2 fully saturated rings. The molecule has 1 amide bonds. The lowest BCUT2D eigenvalue weighted by molar-refractivity contribution is 0.0747. The Bertz CT molecular complexity index is 549. The number of carbonyl (C=O) groups is 1. The van der Waals surface area contributed by atoms with Crippen LogP contribution in [0.25, 0.3) is 0 Å². The fourth-order valence-electron chi connectivity index (χ4n) is 3.62. The SMILES string of the molecule is Cl.Cn1nc(C(C)(C)C)cc1C(=O)N1CC[C@@H]2CNC[C@@H]2CC1. The van der Waals surface area contributed by atoms with Crippen LogP contribution in [0.5, 0.6) is 0 Å². The standard InChI is InChI=1S/C17H28N4O.ClH/c1-17(2,3)15-9-14(20(4)19-15)16(22)21-7-5-12-10-18-11-13(12)6-8-21;/h9,12-13,18H,5-8,10-11H2,1-4H3;1H/t12-,13+;. The highest BCUT2D eigenvalue weighted by Gasteiger charge is 2.32. The summed E-state index contributed by atoms with van der Waals surface area (Å²) in [6.07, 6.45) is 2.24. The number of aryl methyl sites for hydroxylation is 1. The van der Waals surface area contributed by atoms with Crippen LogP contribution in [0.3, 0.4) is 0 Å². The number of hydrogen-bond donors (Lipinski definition) is 1. The first-order valence-electron chi connectivity index (χ1n) is 8.41. The molecule has 0 bridgehead atoms. The fraction of sp³-hybridized carbons (Fsp3) is 0.765. The van der Waals surface area contributed by atoms with Gasteiger partial charge in [-0.15, -0.1) is 12.4 Å². The van der Waals surface area contributed by atoms with Gasteiger partial charge in [0, 0.05) is 25.6 Å². The second kappa shape index (κ2) is 6.81. The van der Waals surface area contributed by atoms with E-state index in [9.17, 15) is 4.79 Å². The summed E-state index contributed by atoms with van der Waals surface area (Å²) in [5, 5.41) is 8.02. The summed E-state index contributed by atoms with van der Waals surface area (Å²) in [4.78, 5) is 14.9. The van der Waals surface area contributed by atoms with Crippen LogP contribution in [0.4, 0.5) is 0 Å². The molecule has 0 unspecified atom stereocenters. The van der Waals surface area contributed by atoms with Crippen molar-refractivity contribution in [3.8, 4) is 0 Å². The lowest BCUT2D eigenvalue weighted by Crippen LogP contribution is -2.34. The van der Waals surface area contributed by atoms with Gasteiger partial charge in [-0.2, -0.15) is 5.10 Å². The van der Waals surface area contributed by atoms with E-state index >= 15 is 0 Å². The summed E-state index contributed by atoms with van der Waals surface area (Å²) in [6, 6.07) is 1.97. The molecule has 3 heterocycles. The number of nitrogens with one attached hydrogen (secondary N) is 1. The first-order valence-corrected chi connectivity index (χ1v) is 8.41. The lowest BCUT2D eigenvalue weighted by atomic mass is 9.92. The van der Waals surface area contributed by atoms with E-state index in [0.717, 1.165) is 62.2 Å². The first-order chi connectivity index (χ1) is 10.4. The van der Waals surface area contributed by atoms with E-state index in [1.54, 1.807) is 4.68 Å². The Morgan fingerprint density at radius 1 is 1.22 bits per heavy atom. The van der Waals surface area contributed by atoms with Gasteiger partial charge < -0.3 is 10.2 Å². The second-order valence-corrected chi connectivity index (χ2v) is 7.84. The summed E-state index contributed by atoms with van der Waals surface area (Å²) >= 11 is 0. The number of nitrogens with zero attached hydrogens (tertiary/aromatic N) is 3. The first kappa shape index (κ1) is 18.3. The summed E-state index contributed by atoms with van der Waals surface area (Å²) in [7, 11) is 1.87. The Balaban J connectivity index is 0.00000192. The Morgan fingerprint density at radius 2 is 1.78 bits per heavy atom. The van der Waals surface area contributed by atoms with Crippen LogP contribution in [-0.4, -0.2) is 46.8 Å². The molecule has 6 heteroatoms. The molecule has 2 saturated heterocycles. The normalized spacial score (nSPS) is 24.8. The molecule has 3 rings (SSSR count). The van der Waals surface area contributed by atoms with Crippen molar-refractivity contribution in [1.29, 1.82) is 0 Å². The number of carbonyl (C=O) groups excluding carboxylic acids is 1. The van der Waals surface area contributed by atoms with Gasteiger partial charge in [0.15, 0.2) is 0 Å². The number of hydrogen-bond acceptors (Lipinski definition) is 3. The summed E-state index contributed by atoms with van der Waals surface area (Å²) in [6.45, 7) is 10.4. The summed E-state index contributed by atoms with van der Waals surface area (Å²) < 4.78 is 1.75. The van der Waals surface area contributed by atoms with Crippen molar-refractivity contribution in [2.24, 2.45) is 18.9 Å². The fourth-order valence-corrected chi connectivity index (χ4v) is 3.62. The second-order valence-electron chi connectivity index (χ2n) is 7.84. The summed E-state index contributed by atoms with van der Waals surface area (Å²) in [5.41, 5.74) is 1.67. The maximum atomic E-state index is 12.9. The van der Waals surface area contributed by atoms with E-state index < -0.39 is 0 Å². The quantitative estimate of drug-likeness (QED) is 0.852. The monoisotopic (exact) mass is 340 g/mol. The van der Waals surface area contributed by atoms with Crippen LogP contribution in [0, 0.1) is 11.8 Å². The maximum Gasteiger partial charge on any atom is 0.272 e. The molecule has 0 spiro atoms. The molecule has 0 aromatic carbocycles. The van der Waals surface area contributed by atoms with Crippen molar-refractivity contribution in [1.82, 2.24) is 20.0 Å². The Morgan fingerprint density at radius 3 is 2.26 bits per heavy atom. The van der Waals surface area contributed by atoms with Crippen LogP contribution in [0.1, 0.15) is 49.8 Å².